The summed E-state index contributed by atoms with van der Waals surface area (Å²) in [6, 6.07) is 7.98. The first-order valence-corrected chi connectivity index (χ1v) is 13.3. The lowest BCUT2D eigenvalue weighted by Gasteiger charge is -2.36. The Morgan fingerprint density at radius 3 is 2.57 bits per heavy atom. The number of thiazole rings is 1. The van der Waals surface area contributed by atoms with Gasteiger partial charge < -0.3 is 14.8 Å². The Morgan fingerprint density at radius 2 is 1.91 bits per heavy atom. The summed E-state index contributed by atoms with van der Waals surface area (Å²) < 4.78 is 38.3. The smallest absolute Gasteiger partial charge is 0.410 e. The van der Waals surface area contributed by atoms with Gasteiger partial charge in [0.2, 0.25) is 5.91 Å². The zero-order chi connectivity index (χ0) is 25.2. The molecule has 2 fully saturated rings. The van der Waals surface area contributed by atoms with Gasteiger partial charge in [0, 0.05) is 26.1 Å². The monoisotopic (exact) mass is 522 g/mol. The highest BCUT2D eigenvalue weighted by Gasteiger charge is 2.45. The zero-order valence-corrected chi connectivity index (χ0v) is 20.9. The highest BCUT2D eigenvalue weighted by molar-refractivity contribution is 7.91. The van der Waals surface area contributed by atoms with Gasteiger partial charge in [-0.1, -0.05) is 41.7 Å². The largest absolute Gasteiger partial charge is 0.459 e. The van der Waals surface area contributed by atoms with Gasteiger partial charge >= 0.3 is 12.1 Å². The van der Waals surface area contributed by atoms with Crippen LogP contribution in [0.4, 0.5) is 9.93 Å². The van der Waals surface area contributed by atoms with Crippen LogP contribution in [0.3, 0.4) is 0 Å². The van der Waals surface area contributed by atoms with Gasteiger partial charge in [-0.05, 0) is 25.3 Å². The fraction of sp³-hybridized carbons (Fsp3) is 0.455. The third kappa shape index (κ3) is 5.46. The number of amides is 2. The average molecular weight is 523 g/mol. The van der Waals surface area contributed by atoms with Crippen molar-refractivity contribution in [3.05, 3.63) is 41.6 Å². The number of nitrogens with one attached hydrogen (secondary N) is 1. The van der Waals surface area contributed by atoms with Gasteiger partial charge in [-0.2, -0.15) is 4.31 Å². The maximum Gasteiger partial charge on any atom is 0.410 e. The molecule has 2 aromatic rings. The van der Waals surface area contributed by atoms with Crippen LogP contribution in [0.5, 0.6) is 0 Å². The number of sulfonamides is 1. The van der Waals surface area contributed by atoms with Gasteiger partial charge in [0.05, 0.1) is 5.69 Å². The number of cyclic esters (lactones) is 1. The van der Waals surface area contributed by atoms with Crippen LogP contribution in [-0.4, -0.2) is 72.4 Å². The number of ether oxygens (including phenoxy) is 2. The van der Waals surface area contributed by atoms with Crippen LogP contribution >= 0.6 is 11.3 Å². The SMILES string of the molecule is CC(=O)Nc1nc(C)c(S(=O)(=O)N2CCC(N3C(=O)OCC3C(=O)OCc3ccccc3)CC2)s1. The van der Waals surface area contributed by atoms with E-state index >= 15 is 0 Å². The minimum Gasteiger partial charge on any atom is -0.459 e. The molecule has 1 unspecified atom stereocenters. The van der Waals surface area contributed by atoms with Crippen LogP contribution < -0.4 is 5.32 Å². The molecule has 0 radical (unpaired) electrons. The Balaban J connectivity index is 1.39. The molecule has 0 spiro atoms. The number of carbonyl (C=O) groups is 3. The van der Waals surface area contributed by atoms with Crippen molar-refractivity contribution in [2.45, 2.75) is 49.6 Å². The standard InChI is InChI=1S/C22H26N4O7S2/c1-14-20(34-21(23-14)24-15(2)27)35(30,31)25-10-8-17(9-11-25)26-18(13-33-22(26)29)19(28)32-12-16-6-4-3-5-7-16/h3-7,17-18H,8-13H2,1-2H3,(H,23,24,27). The maximum absolute atomic E-state index is 13.2. The summed E-state index contributed by atoms with van der Waals surface area (Å²) in [5.41, 5.74) is 1.14. The third-order valence-corrected chi connectivity index (χ3v) is 9.39. The fourth-order valence-corrected chi connectivity index (χ4v) is 7.21. The van der Waals surface area contributed by atoms with Crippen LogP contribution in [0.1, 0.15) is 31.0 Å². The van der Waals surface area contributed by atoms with Gasteiger partial charge in [-0.25, -0.2) is 23.0 Å². The van der Waals surface area contributed by atoms with Crippen LogP contribution in [-0.2, 0) is 35.7 Å². The number of carbonyl (C=O) groups excluding carboxylic acids is 3. The molecule has 35 heavy (non-hydrogen) atoms. The molecule has 13 heteroatoms. The summed E-state index contributed by atoms with van der Waals surface area (Å²) in [4.78, 5) is 41.9. The maximum atomic E-state index is 13.2. The van der Waals surface area contributed by atoms with Crippen molar-refractivity contribution in [3.8, 4) is 0 Å². The van der Waals surface area contributed by atoms with Gasteiger partial charge in [0.25, 0.3) is 10.0 Å². The van der Waals surface area contributed by atoms with Gasteiger partial charge in [0.1, 0.15) is 13.2 Å². The number of esters is 1. The van der Waals surface area contributed by atoms with Crippen molar-refractivity contribution in [1.82, 2.24) is 14.2 Å². The number of hydrogen-bond acceptors (Lipinski definition) is 9. The van der Waals surface area contributed by atoms with E-state index in [2.05, 4.69) is 10.3 Å². The summed E-state index contributed by atoms with van der Waals surface area (Å²) in [6.45, 7) is 3.21. The molecule has 1 aromatic carbocycles. The van der Waals surface area contributed by atoms with Crippen molar-refractivity contribution in [3.63, 3.8) is 0 Å². The number of anilines is 1. The topological polar surface area (TPSA) is 135 Å². The van der Waals surface area contributed by atoms with E-state index in [-0.39, 0.29) is 47.6 Å². The number of hydrogen-bond donors (Lipinski definition) is 1. The molecule has 0 bridgehead atoms. The van der Waals surface area contributed by atoms with Crippen LogP contribution in [0.2, 0.25) is 0 Å². The normalized spacial score (nSPS) is 19.4. The predicted molar refractivity (Wildman–Crippen MR) is 126 cm³/mol. The number of nitrogens with zero attached hydrogens (tertiary/aromatic N) is 3. The van der Waals surface area contributed by atoms with E-state index in [0.29, 0.717) is 18.5 Å². The lowest BCUT2D eigenvalue weighted by Crippen LogP contribution is -2.52. The molecule has 188 valence electrons. The van der Waals surface area contributed by atoms with Crippen molar-refractivity contribution >= 4 is 44.5 Å². The first-order valence-electron chi connectivity index (χ1n) is 11.1. The minimum atomic E-state index is -3.83. The summed E-state index contributed by atoms with van der Waals surface area (Å²) in [7, 11) is -3.83. The van der Waals surface area contributed by atoms with E-state index in [0.717, 1.165) is 16.9 Å². The molecule has 2 saturated heterocycles. The number of aryl methyl sites for hydroxylation is 1. The van der Waals surface area contributed by atoms with Gasteiger partial charge in [-0.3, -0.25) is 9.69 Å². The molecule has 1 aromatic heterocycles. The lowest BCUT2D eigenvalue weighted by atomic mass is 10.0. The highest BCUT2D eigenvalue weighted by atomic mass is 32.2. The number of rotatable bonds is 7. The molecule has 1 atom stereocenters. The van der Waals surface area contributed by atoms with E-state index in [4.69, 9.17) is 9.47 Å². The molecule has 2 aliphatic heterocycles. The molecular weight excluding hydrogens is 496 g/mol. The predicted octanol–water partition coefficient (Wildman–Crippen LogP) is 2.13. The van der Waals surface area contributed by atoms with Crippen LogP contribution in [0, 0.1) is 6.92 Å². The molecular formula is C22H26N4O7S2. The van der Waals surface area contributed by atoms with E-state index in [1.165, 1.54) is 16.1 Å². The Kier molecular flexibility index (Phi) is 7.38. The molecule has 1 N–H and O–H groups in total. The summed E-state index contributed by atoms with van der Waals surface area (Å²) in [5, 5.41) is 2.73. The molecule has 0 saturated carbocycles. The molecule has 3 heterocycles. The first-order chi connectivity index (χ1) is 16.7. The second-order valence-corrected chi connectivity index (χ2v) is 11.4. The highest BCUT2D eigenvalue weighted by Crippen LogP contribution is 2.32. The van der Waals surface area contributed by atoms with E-state index < -0.39 is 28.1 Å². The van der Waals surface area contributed by atoms with Crippen molar-refractivity contribution < 1.29 is 32.3 Å². The summed E-state index contributed by atoms with van der Waals surface area (Å²) >= 11 is 0.904. The fourth-order valence-electron chi connectivity index (χ4n) is 4.15. The quantitative estimate of drug-likeness (QED) is 0.547. The van der Waals surface area contributed by atoms with Crippen LogP contribution in [0.15, 0.2) is 34.5 Å². The third-order valence-electron chi connectivity index (χ3n) is 5.84. The molecule has 2 amide bonds. The molecule has 11 nitrogen and oxygen atoms in total. The van der Waals surface area contributed by atoms with Gasteiger partial charge in [0.15, 0.2) is 15.4 Å². The Bertz CT molecular complexity index is 1210. The Labute approximate surface area is 207 Å². The number of aromatic nitrogens is 1. The Morgan fingerprint density at radius 1 is 1.23 bits per heavy atom. The molecule has 2 aliphatic rings. The average Bonchev–Trinajstić information content (AvgIpc) is 3.40. The summed E-state index contributed by atoms with van der Waals surface area (Å²) in [6.07, 6.45) is 0.0756. The Hall–Kier alpha value is -3.03. The zero-order valence-electron chi connectivity index (χ0n) is 19.3. The lowest BCUT2D eigenvalue weighted by molar-refractivity contribution is -0.150. The van der Waals surface area contributed by atoms with Gasteiger partial charge in [-0.15, -0.1) is 0 Å². The first kappa shape index (κ1) is 25.1. The summed E-state index contributed by atoms with van der Waals surface area (Å²) in [5.74, 6) is -0.890. The molecule has 0 aliphatic carbocycles. The second kappa shape index (κ2) is 10.3. The van der Waals surface area contributed by atoms with E-state index in [1.807, 2.05) is 30.3 Å². The second-order valence-electron chi connectivity index (χ2n) is 8.30. The number of benzene rings is 1. The molecule has 4 rings (SSSR count). The minimum absolute atomic E-state index is 0.0719. The van der Waals surface area contributed by atoms with Crippen molar-refractivity contribution in [1.29, 1.82) is 0 Å². The van der Waals surface area contributed by atoms with E-state index in [9.17, 15) is 22.8 Å². The van der Waals surface area contributed by atoms with E-state index in [1.54, 1.807) is 6.92 Å². The van der Waals surface area contributed by atoms with Crippen LogP contribution in [0.25, 0.3) is 0 Å². The van der Waals surface area contributed by atoms with Crippen molar-refractivity contribution in [2.24, 2.45) is 0 Å². The number of piperidine rings is 1. The van der Waals surface area contributed by atoms with Crippen molar-refractivity contribution in [2.75, 3.05) is 25.0 Å².